The van der Waals surface area contributed by atoms with Gasteiger partial charge in [-0.3, -0.25) is 0 Å². The summed E-state index contributed by atoms with van der Waals surface area (Å²) in [5.74, 6) is 1.07. The number of aryl methyl sites for hydroxylation is 2. The fourth-order valence-corrected chi connectivity index (χ4v) is 3.86. The molecule has 3 aromatic rings. The highest BCUT2D eigenvalue weighted by Crippen LogP contribution is 2.48. The topological polar surface area (TPSA) is 27.1 Å². The van der Waals surface area contributed by atoms with E-state index in [9.17, 15) is 0 Å². The van der Waals surface area contributed by atoms with E-state index in [1.807, 2.05) is 11.6 Å². The zero-order valence-corrected chi connectivity index (χ0v) is 16.5. The Morgan fingerprint density at radius 3 is 2.41 bits per heavy atom. The molecule has 0 bridgehead atoms. The lowest BCUT2D eigenvalue weighted by Crippen LogP contribution is -2.39. The van der Waals surface area contributed by atoms with Crippen LogP contribution in [0.4, 0.5) is 0 Å². The number of hydrogen-bond donors (Lipinski definition) is 0. The van der Waals surface area contributed by atoms with Crippen LogP contribution in [0, 0.1) is 13.8 Å². The average Bonchev–Trinajstić information content (AvgIpc) is 2.98. The van der Waals surface area contributed by atoms with Crippen LogP contribution in [0.2, 0.25) is 0 Å². The van der Waals surface area contributed by atoms with Crippen LogP contribution < -0.4 is 4.74 Å². The van der Waals surface area contributed by atoms with Crippen LogP contribution in [0.15, 0.2) is 66.7 Å². The summed E-state index contributed by atoms with van der Waals surface area (Å²) in [6.45, 7) is 12.6. The molecule has 27 heavy (non-hydrogen) atoms. The molecule has 0 spiro atoms. The molecule has 0 saturated carbocycles. The maximum absolute atomic E-state index is 6.57. The van der Waals surface area contributed by atoms with Crippen molar-refractivity contribution in [3.8, 4) is 11.6 Å². The Morgan fingerprint density at radius 1 is 1.11 bits per heavy atom. The average molecular weight is 358 g/mol. The van der Waals surface area contributed by atoms with Gasteiger partial charge in [-0.25, -0.2) is 4.68 Å². The Hall–Kier alpha value is -2.81. The van der Waals surface area contributed by atoms with Gasteiger partial charge in [-0.05, 0) is 51.0 Å². The van der Waals surface area contributed by atoms with Crippen molar-refractivity contribution >= 4 is 0 Å². The molecule has 0 fully saturated rings. The molecule has 0 N–H and O–H groups in total. The van der Waals surface area contributed by atoms with Crippen molar-refractivity contribution in [2.24, 2.45) is 0 Å². The molecule has 2 aromatic carbocycles. The summed E-state index contributed by atoms with van der Waals surface area (Å²) < 4.78 is 8.51. The van der Waals surface area contributed by atoms with Crippen molar-refractivity contribution in [1.29, 1.82) is 0 Å². The largest absolute Gasteiger partial charge is 0.466 e. The predicted molar refractivity (Wildman–Crippen MR) is 110 cm³/mol. The number of ether oxygens (including phenoxy) is 1. The summed E-state index contributed by atoms with van der Waals surface area (Å²) in [6, 6.07) is 19.0. The maximum atomic E-state index is 6.57. The SMILES string of the molecule is C=C(C)[C@]1(C)C[C@H](c2ccccc2)c2c(C)nn(-c3ccc(C)cc3)c2O1. The molecule has 138 valence electrons. The van der Waals surface area contributed by atoms with Crippen LogP contribution in [0.3, 0.4) is 0 Å². The van der Waals surface area contributed by atoms with E-state index in [1.165, 1.54) is 16.7 Å². The van der Waals surface area contributed by atoms with Gasteiger partial charge in [0.15, 0.2) is 0 Å². The van der Waals surface area contributed by atoms with Gasteiger partial charge in [0, 0.05) is 17.9 Å². The molecular weight excluding hydrogens is 332 g/mol. The molecule has 1 aliphatic heterocycles. The van der Waals surface area contributed by atoms with E-state index >= 15 is 0 Å². The molecule has 2 atom stereocenters. The third-order valence-corrected chi connectivity index (χ3v) is 5.71. The normalized spacial score (nSPS) is 21.4. The zero-order chi connectivity index (χ0) is 19.2. The smallest absolute Gasteiger partial charge is 0.221 e. The second-order valence-corrected chi connectivity index (χ2v) is 7.83. The highest BCUT2D eigenvalue weighted by molar-refractivity contribution is 5.49. The van der Waals surface area contributed by atoms with E-state index < -0.39 is 5.60 Å². The highest BCUT2D eigenvalue weighted by Gasteiger charge is 2.42. The lowest BCUT2D eigenvalue weighted by molar-refractivity contribution is 0.0856. The van der Waals surface area contributed by atoms with Gasteiger partial charge in [0.25, 0.3) is 0 Å². The number of nitrogens with zero attached hydrogens (tertiary/aromatic N) is 2. The third-order valence-electron chi connectivity index (χ3n) is 5.71. The molecule has 1 aliphatic rings. The third kappa shape index (κ3) is 2.97. The Morgan fingerprint density at radius 2 is 1.78 bits per heavy atom. The number of aromatic nitrogens is 2. The summed E-state index contributed by atoms with van der Waals surface area (Å²) in [4.78, 5) is 0. The summed E-state index contributed by atoms with van der Waals surface area (Å²) in [5, 5.41) is 4.85. The summed E-state index contributed by atoms with van der Waals surface area (Å²) in [7, 11) is 0. The fraction of sp³-hybridized carbons (Fsp3) is 0.292. The van der Waals surface area contributed by atoms with Gasteiger partial charge in [0.2, 0.25) is 5.88 Å². The van der Waals surface area contributed by atoms with E-state index in [4.69, 9.17) is 9.84 Å². The second kappa shape index (κ2) is 6.41. The van der Waals surface area contributed by atoms with E-state index in [0.717, 1.165) is 29.3 Å². The molecule has 0 radical (unpaired) electrons. The molecular formula is C24H26N2O. The second-order valence-electron chi connectivity index (χ2n) is 7.83. The molecule has 2 heterocycles. The lowest BCUT2D eigenvalue weighted by atomic mass is 9.77. The first-order chi connectivity index (χ1) is 12.9. The molecule has 0 amide bonds. The number of hydrogen-bond acceptors (Lipinski definition) is 2. The molecule has 0 saturated heterocycles. The Balaban J connectivity index is 1.92. The van der Waals surface area contributed by atoms with Crippen molar-refractivity contribution < 1.29 is 4.74 Å². The predicted octanol–water partition coefficient (Wildman–Crippen LogP) is 5.74. The van der Waals surface area contributed by atoms with E-state index in [0.29, 0.717) is 0 Å². The van der Waals surface area contributed by atoms with Gasteiger partial charge in [-0.1, -0.05) is 54.6 Å². The minimum absolute atomic E-state index is 0.232. The van der Waals surface area contributed by atoms with Crippen LogP contribution in [-0.4, -0.2) is 15.4 Å². The molecule has 0 unspecified atom stereocenters. The Bertz CT molecular complexity index is 985. The quantitative estimate of drug-likeness (QED) is 0.558. The van der Waals surface area contributed by atoms with Crippen LogP contribution in [-0.2, 0) is 0 Å². The van der Waals surface area contributed by atoms with Gasteiger partial charge < -0.3 is 4.74 Å². The van der Waals surface area contributed by atoms with E-state index in [1.54, 1.807) is 0 Å². The first-order valence-electron chi connectivity index (χ1n) is 9.45. The highest BCUT2D eigenvalue weighted by atomic mass is 16.5. The lowest BCUT2D eigenvalue weighted by Gasteiger charge is -2.39. The molecule has 4 rings (SSSR count). The monoisotopic (exact) mass is 358 g/mol. The fourth-order valence-electron chi connectivity index (χ4n) is 3.86. The first-order valence-corrected chi connectivity index (χ1v) is 9.45. The van der Waals surface area contributed by atoms with Crippen molar-refractivity contribution in [2.75, 3.05) is 0 Å². The first kappa shape index (κ1) is 17.6. The maximum Gasteiger partial charge on any atom is 0.221 e. The van der Waals surface area contributed by atoms with Crippen molar-refractivity contribution in [2.45, 2.75) is 45.6 Å². The van der Waals surface area contributed by atoms with E-state index in [2.05, 4.69) is 81.9 Å². The standard InChI is InChI=1S/C24H26N2O/c1-16(2)24(5)15-21(19-9-7-6-8-10-19)22-18(4)25-26(23(22)27-24)20-13-11-17(3)12-14-20/h6-14,21H,1,15H2,2-5H3/t21-,24+/m1/s1. The number of rotatable bonds is 3. The number of benzene rings is 2. The molecule has 3 nitrogen and oxygen atoms in total. The summed E-state index contributed by atoms with van der Waals surface area (Å²) in [5.41, 5.74) is 6.34. The van der Waals surface area contributed by atoms with Crippen molar-refractivity contribution in [3.05, 3.63) is 89.1 Å². The van der Waals surface area contributed by atoms with Gasteiger partial charge in [-0.15, -0.1) is 0 Å². The molecule has 1 aromatic heterocycles. The van der Waals surface area contributed by atoms with E-state index in [-0.39, 0.29) is 5.92 Å². The minimum atomic E-state index is -0.428. The molecule has 3 heteroatoms. The van der Waals surface area contributed by atoms with Gasteiger partial charge in [0.1, 0.15) is 5.60 Å². The summed E-state index contributed by atoms with van der Waals surface area (Å²) in [6.07, 6.45) is 0.861. The zero-order valence-electron chi connectivity index (χ0n) is 16.5. The van der Waals surface area contributed by atoms with Crippen LogP contribution >= 0.6 is 0 Å². The van der Waals surface area contributed by atoms with Gasteiger partial charge >= 0.3 is 0 Å². The van der Waals surface area contributed by atoms with Crippen LogP contribution in [0.1, 0.15) is 48.6 Å². The van der Waals surface area contributed by atoms with Crippen molar-refractivity contribution in [3.63, 3.8) is 0 Å². The van der Waals surface area contributed by atoms with Gasteiger partial charge in [-0.2, -0.15) is 5.10 Å². The van der Waals surface area contributed by atoms with Crippen LogP contribution in [0.25, 0.3) is 5.69 Å². The number of fused-ring (bicyclic) bond motifs is 1. The molecule has 0 aliphatic carbocycles. The Labute approximate surface area is 161 Å². The minimum Gasteiger partial charge on any atom is -0.466 e. The van der Waals surface area contributed by atoms with Crippen LogP contribution in [0.5, 0.6) is 5.88 Å². The van der Waals surface area contributed by atoms with Gasteiger partial charge in [0.05, 0.1) is 11.4 Å². The van der Waals surface area contributed by atoms with Crippen molar-refractivity contribution in [1.82, 2.24) is 9.78 Å². The summed E-state index contributed by atoms with van der Waals surface area (Å²) >= 11 is 0. The Kier molecular flexibility index (Phi) is 4.18.